The Kier molecular flexibility index (Phi) is 5.66. The Labute approximate surface area is 105 Å². The number of carbonyl (C=O) groups is 2. The number of nitrogens with one attached hydrogen (secondary N) is 2. The van der Waals surface area contributed by atoms with E-state index in [1.165, 1.54) is 0 Å². The zero-order chi connectivity index (χ0) is 13.4. The minimum atomic E-state index is -1.44. The van der Waals surface area contributed by atoms with Gasteiger partial charge < -0.3 is 20.8 Å². The lowest BCUT2D eigenvalue weighted by molar-refractivity contribution is -0.147. The van der Waals surface area contributed by atoms with E-state index < -0.39 is 12.1 Å². The molecule has 1 aromatic carbocycles. The molecule has 0 unspecified atom stereocenters. The molecule has 1 amide bonds. The molecule has 0 aliphatic rings. The van der Waals surface area contributed by atoms with Crippen LogP contribution in [0.5, 0.6) is 0 Å². The van der Waals surface area contributed by atoms with Gasteiger partial charge >= 0.3 is 5.97 Å². The zero-order valence-electron chi connectivity index (χ0n) is 9.80. The molecule has 1 rings (SSSR count). The summed E-state index contributed by atoms with van der Waals surface area (Å²) in [5.41, 5.74) is 0.832. The second-order valence-corrected chi connectivity index (χ2v) is 3.71. The first kappa shape index (κ1) is 14.0. The summed E-state index contributed by atoms with van der Waals surface area (Å²) >= 11 is 0. The van der Waals surface area contributed by atoms with E-state index >= 15 is 0 Å². The van der Waals surface area contributed by atoms with Crippen molar-refractivity contribution in [3.05, 3.63) is 30.3 Å². The van der Waals surface area contributed by atoms with Gasteiger partial charge in [-0.05, 0) is 12.1 Å². The van der Waals surface area contributed by atoms with Gasteiger partial charge in [-0.1, -0.05) is 18.2 Å². The van der Waals surface area contributed by atoms with Crippen molar-refractivity contribution in [1.29, 1.82) is 0 Å². The fraction of sp³-hybridized carbons (Fsp3) is 0.333. The van der Waals surface area contributed by atoms with Crippen molar-refractivity contribution in [2.24, 2.45) is 0 Å². The molecule has 0 bridgehead atoms. The van der Waals surface area contributed by atoms with Crippen LogP contribution in [0.15, 0.2) is 30.3 Å². The number of para-hydroxylation sites is 1. The van der Waals surface area contributed by atoms with E-state index in [1.54, 1.807) is 0 Å². The maximum absolute atomic E-state index is 11.4. The molecule has 6 nitrogen and oxygen atoms in total. The van der Waals surface area contributed by atoms with Gasteiger partial charge in [0.1, 0.15) is 0 Å². The summed E-state index contributed by atoms with van der Waals surface area (Å²) < 4.78 is 0. The normalized spacial score (nSPS) is 11.6. The van der Waals surface area contributed by atoms with Crippen LogP contribution < -0.4 is 10.6 Å². The molecule has 0 heterocycles. The Morgan fingerprint density at radius 3 is 2.50 bits per heavy atom. The van der Waals surface area contributed by atoms with E-state index in [4.69, 9.17) is 10.2 Å². The quantitative estimate of drug-likeness (QED) is 0.549. The van der Waals surface area contributed by atoms with E-state index in [9.17, 15) is 9.59 Å². The van der Waals surface area contributed by atoms with E-state index in [-0.39, 0.29) is 25.4 Å². The number of hydrogen-bond donors (Lipinski definition) is 4. The van der Waals surface area contributed by atoms with Gasteiger partial charge in [-0.15, -0.1) is 0 Å². The Morgan fingerprint density at radius 1 is 1.22 bits per heavy atom. The Balaban J connectivity index is 2.17. The highest BCUT2D eigenvalue weighted by Crippen LogP contribution is 2.03. The average molecular weight is 252 g/mol. The number of hydrogen-bond acceptors (Lipinski definition) is 4. The molecular weight excluding hydrogens is 236 g/mol. The van der Waals surface area contributed by atoms with Crippen molar-refractivity contribution < 1.29 is 19.8 Å². The molecule has 0 radical (unpaired) electrons. The van der Waals surface area contributed by atoms with Crippen LogP contribution in [0, 0.1) is 0 Å². The maximum atomic E-state index is 11.4. The number of amides is 1. The highest BCUT2D eigenvalue weighted by molar-refractivity contribution is 5.80. The van der Waals surface area contributed by atoms with Crippen LogP contribution >= 0.6 is 0 Å². The van der Waals surface area contributed by atoms with Crippen LogP contribution in [-0.2, 0) is 9.59 Å². The minimum Gasteiger partial charge on any atom is -0.479 e. The summed E-state index contributed by atoms with van der Waals surface area (Å²) in [6, 6.07) is 9.24. The third-order valence-corrected chi connectivity index (χ3v) is 2.25. The predicted octanol–water partition coefficient (Wildman–Crippen LogP) is 0.0503. The number of anilines is 1. The van der Waals surface area contributed by atoms with Crippen LogP contribution in [0.3, 0.4) is 0 Å². The van der Waals surface area contributed by atoms with E-state index in [0.29, 0.717) is 0 Å². The number of benzene rings is 1. The standard InChI is InChI=1S/C12H16N2O4/c15-10(12(17)18)6-7-13-11(16)8-14-9-4-2-1-3-5-9/h1-5,10,14-15H,6-8H2,(H,13,16)(H,17,18)/t10-/m0/s1. The van der Waals surface area contributed by atoms with Gasteiger partial charge in [0, 0.05) is 18.7 Å². The number of carboxylic acid groups (broad SMARTS) is 1. The van der Waals surface area contributed by atoms with Gasteiger partial charge in [0.15, 0.2) is 6.10 Å². The third-order valence-electron chi connectivity index (χ3n) is 2.25. The van der Waals surface area contributed by atoms with Crippen LogP contribution in [0.4, 0.5) is 5.69 Å². The second kappa shape index (κ2) is 7.29. The number of aliphatic hydroxyl groups is 1. The van der Waals surface area contributed by atoms with Crippen molar-refractivity contribution >= 4 is 17.6 Å². The first-order chi connectivity index (χ1) is 8.59. The molecule has 0 fully saturated rings. The van der Waals surface area contributed by atoms with Crippen molar-refractivity contribution in [2.75, 3.05) is 18.4 Å². The fourth-order valence-corrected chi connectivity index (χ4v) is 1.27. The molecule has 4 N–H and O–H groups in total. The van der Waals surface area contributed by atoms with Crippen LogP contribution in [-0.4, -0.2) is 41.3 Å². The summed E-state index contributed by atoms with van der Waals surface area (Å²) in [5, 5.41) is 22.8. The lowest BCUT2D eigenvalue weighted by Gasteiger charge is -2.08. The van der Waals surface area contributed by atoms with E-state index in [2.05, 4.69) is 10.6 Å². The lowest BCUT2D eigenvalue weighted by Crippen LogP contribution is -2.33. The van der Waals surface area contributed by atoms with Gasteiger partial charge in [-0.3, -0.25) is 4.79 Å². The zero-order valence-corrected chi connectivity index (χ0v) is 9.80. The van der Waals surface area contributed by atoms with Crippen LogP contribution in [0.1, 0.15) is 6.42 Å². The predicted molar refractivity (Wildman–Crippen MR) is 66.2 cm³/mol. The van der Waals surface area contributed by atoms with Gasteiger partial charge in [0.25, 0.3) is 0 Å². The molecule has 0 saturated heterocycles. The average Bonchev–Trinajstić information content (AvgIpc) is 2.37. The molecular formula is C12H16N2O4. The number of aliphatic carboxylic acids is 1. The summed E-state index contributed by atoms with van der Waals surface area (Å²) in [6.07, 6.45) is -1.45. The van der Waals surface area contributed by atoms with Crippen molar-refractivity contribution in [3.8, 4) is 0 Å². The second-order valence-electron chi connectivity index (χ2n) is 3.71. The first-order valence-corrected chi connectivity index (χ1v) is 5.56. The summed E-state index contributed by atoms with van der Waals surface area (Å²) in [4.78, 5) is 21.7. The van der Waals surface area contributed by atoms with Crippen molar-refractivity contribution in [3.63, 3.8) is 0 Å². The number of rotatable bonds is 7. The Hall–Kier alpha value is -2.08. The smallest absolute Gasteiger partial charge is 0.332 e. The molecule has 6 heteroatoms. The molecule has 18 heavy (non-hydrogen) atoms. The maximum Gasteiger partial charge on any atom is 0.332 e. The molecule has 0 aromatic heterocycles. The Bertz CT molecular complexity index is 394. The van der Waals surface area contributed by atoms with E-state index in [1.807, 2.05) is 30.3 Å². The van der Waals surface area contributed by atoms with Gasteiger partial charge in [-0.2, -0.15) is 0 Å². The lowest BCUT2D eigenvalue weighted by atomic mass is 10.2. The highest BCUT2D eigenvalue weighted by atomic mass is 16.4. The first-order valence-electron chi connectivity index (χ1n) is 5.56. The van der Waals surface area contributed by atoms with Crippen LogP contribution in [0.2, 0.25) is 0 Å². The molecule has 1 atom stereocenters. The van der Waals surface area contributed by atoms with Crippen LogP contribution in [0.25, 0.3) is 0 Å². The van der Waals surface area contributed by atoms with E-state index in [0.717, 1.165) is 5.69 Å². The monoisotopic (exact) mass is 252 g/mol. The van der Waals surface area contributed by atoms with Crippen molar-refractivity contribution in [1.82, 2.24) is 5.32 Å². The third kappa shape index (κ3) is 5.31. The van der Waals surface area contributed by atoms with Gasteiger partial charge in [0.05, 0.1) is 6.54 Å². The minimum absolute atomic E-state index is 0.00753. The molecule has 0 aliphatic heterocycles. The molecule has 0 saturated carbocycles. The highest BCUT2D eigenvalue weighted by Gasteiger charge is 2.12. The van der Waals surface area contributed by atoms with Gasteiger partial charge in [-0.25, -0.2) is 4.79 Å². The summed E-state index contributed by atoms with van der Waals surface area (Å²) in [5.74, 6) is -1.54. The van der Waals surface area contributed by atoms with Gasteiger partial charge in [0.2, 0.25) is 5.91 Å². The Morgan fingerprint density at radius 2 is 1.89 bits per heavy atom. The molecule has 1 aromatic rings. The fourth-order valence-electron chi connectivity index (χ4n) is 1.27. The molecule has 98 valence electrons. The number of aliphatic hydroxyl groups excluding tert-OH is 1. The molecule has 0 spiro atoms. The topological polar surface area (TPSA) is 98.7 Å². The largest absolute Gasteiger partial charge is 0.479 e. The number of carbonyl (C=O) groups excluding carboxylic acids is 1. The summed E-state index contributed by atoms with van der Waals surface area (Å²) in [6.45, 7) is 0.232. The van der Waals surface area contributed by atoms with Crippen molar-refractivity contribution in [2.45, 2.75) is 12.5 Å². The SMILES string of the molecule is O=C(CNc1ccccc1)NCC[C@H](O)C(=O)O. The summed E-state index contributed by atoms with van der Waals surface area (Å²) in [7, 11) is 0. The molecule has 0 aliphatic carbocycles. The number of carboxylic acids is 1.